The van der Waals surface area contributed by atoms with E-state index in [-0.39, 0.29) is 0 Å². The molecule has 1 unspecified atom stereocenters. The second kappa shape index (κ2) is 2.13. The van der Waals surface area contributed by atoms with E-state index in [4.69, 9.17) is 5.73 Å². The molecule has 1 atom stereocenters. The van der Waals surface area contributed by atoms with E-state index in [1.54, 1.807) is 0 Å². The quantitative estimate of drug-likeness (QED) is 0.499. The highest BCUT2D eigenvalue weighted by Gasteiger charge is 2.05. The summed E-state index contributed by atoms with van der Waals surface area (Å²) >= 11 is 0. The molecule has 0 aliphatic carbocycles. The number of nitrogens with two attached hydrogens (primary N) is 1. The Morgan fingerprint density at radius 1 is 1.67 bits per heavy atom. The van der Waals surface area contributed by atoms with Gasteiger partial charge in [0.25, 0.3) is 0 Å². The van der Waals surface area contributed by atoms with Crippen LogP contribution in [0.5, 0.6) is 0 Å². The lowest BCUT2D eigenvalue weighted by atomic mass is 10.1. The number of allylic oxidation sites excluding steroid dienone is 2. The molecule has 0 spiro atoms. The second-order valence-electron chi connectivity index (χ2n) is 2.42. The van der Waals surface area contributed by atoms with Gasteiger partial charge in [0.1, 0.15) is 0 Å². The predicted octanol–water partition coefficient (Wildman–Crippen LogP) is 0.725. The van der Waals surface area contributed by atoms with Gasteiger partial charge in [-0.15, -0.1) is 0 Å². The van der Waals surface area contributed by atoms with Gasteiger partial charge in [-0.2, -0.15) is 0 Å². The van der Waals surface area contributed by atoms with E-state index >= 15 is 0 Å². The number of dihydropyridines is 1. The van der Waals surface area contributed by atoms with Crippen LogP contribution < -0.4 is 11.1 Å². The zero-order chi connectivity index (χ0) is 6.85. The number of hydrogen-bond donors (Lipinski definition) is 2. The van der Waals surface area contributed by atoms with Crippen molar-refractivity contribution in [3.8, 4) is 0 Å². The molecule has 1 aliphatic rings. The first-order valence-electron chi connectivity index (χ1n) is 3.10. The van der Waals surface area contributed by atoms with Gasteiger partial charge in [-0.25, -0.2) is 0 Å². The van der Waals surface area contributed by atoms with E-state index in [9.17, 15) is 0 Å². The van der Waals surface area contributed by atoms with Gasteiger partial charge in [0.2, 0.25) is 0 Å². The molecule has 2 heteroatoms. The molecule has 3 N–H and O–H groups in total. The lowest BCUT2D eigenvalue weighted by Crippen LogP contribution is -2.30. The van der Waals surface area contributed by atoms with Crippen LogP contribution in [0.4, 0.5) is 0 Å². The Kier molecular flexibility index (Phi) is 1.47. The molecule has 1 heterocycles. The molecule has 0 fully saturated rings. The maximum Gasteiger partial charge on any atom is 0.0624 e. The molecule has 0 aromatic heterocycles. The minimum atomic E-state index is 0.300. The van der Waals surface area contributed by atoms with Crippen molar-refractivity contribution in [2.75, 3.05) is 0 Å². The standard InChI is InChI=1S/C7H12N2/c1-5-3-7(8)6(2)9-4-5/h3-4,6,9H,8H2,1-2H3. The Balaban J connectivity index is 2.74. The van der Waals surface area contributed by atoms with E-state index in [0.717, 1.165) is 5.70 Å². The summed E-state index contributed by atoms with van der Waals surface area (Å²) < 4.78 is 0. The Bertz CT molecular complexity index is 168. The first-order chi connectivity index (χ1) is 4.20. The molecular weight excluding hydrogens is 112 g/mol. The minimum absolute atomic E-state index is 0.300. The lowest BCUT2D eigenvalue weighted by Gasteiger charge is -2.17. The lowest BCUT2D eigenvalue weighted by molar-refractivity contribution is 0.703. The number of rotatable bonds is 0. The Morgan fingerprint density at radius 2 is 2.33 bits per heavy atom. The predicted molar refractivity (Wildman–Crippen MR) is 38.6 cm³/mol. The van der Waals surface area contributed by atoms with Gasteiger partial charge in [-0.05, 0) is 31.7 Å². The Morgan fingerprint density at radius 3 is 2.78 bits per heavy atom. The first kappa shape index (κ1) is 6.20. The topological polar surface area (TPSA) is 38.0 Å². The van der Waals surface area contributed by atoms with E-state index in [2.05, 4.69) is 5.32 Å². The van der Waals surface area contributed by atoms with Crippen LogP contribution in [-0.2, 0) is 0 Å². The van der Waals surface area contributed by atoms with Crippen molar-refractivity contribution in [3.05, 3.63) is 23.5 Å². The van der Waals surface area contributed by atoms with Crippen molar-refractivity contribution in [2.24, 2.45) is 5.73 Å². The summed E-state index contributed by atoms with van der Waals surface area (Å²) in [6.45, 7) is 4.06. The fraction of sp³-hybridized carbons (Fsp3) is 0.429. The molecule has 0 saturated carbocycles. The third-order valence-electron chi connectivity index (χ3n) is 1.46. The Hall–Kier alpha value is -0.920. The van der Waals surface area contributed by atoms with E-state index in [0.29, 0.717) is 6.04 Å². The van der Waals surface area contributed by atoms with Crippen LogP contribution >= 0.6 is 0 Å². The van der Waals surface area contributed by atoms with Gasteiger partial charge < -0.3 is 11.1 Å². The van der Waals surface area contributed by atoms with Crippen molar-refractivity contribution in [1.82, 2.24) is 5.32 Å². The van der Waals surface area contributed by atoms with Gasteiger partial charge in [-0.3, -0.25) is 0 Å². The summed E-state index contributed by atoms with van der Waals surface area (Å²) in [5.74, 6) is 0. The molecule has 1 rings (SSSR count). The number of hydrogen-bond acceptors (Lipinski definition) is 2. The normalized spacial score (nSPS) is 26.2. The SMILES string of the molecule is CC1=CNC(C)C(N)=C1. The smallest absolute Gasteiger partial charge is 0.0624 e. The van der Waals surface area contributed by atoms with Crippen molar-refractivity contribution >= 4 is 0 Å². The zero-order valence-corrected chi connectivity index (χ0v) is 5.81. The second-order valence-corrected chi connectivity index (χ2v) is 2.42. The highest BCUT2D eigenvalue weighted by Crippen LogP contribution is 2.05. The maximum absolute atomic E-state index is 5.63. The molecule has 0 aromatic rings. The average molecular weight is 124 g/mol. The fourth-order valence-corrected chi connectivity index (χ4v) is 0.782. The van der Waals surface area contributed by atoms with E-state index in [1.165, 1.54) is 5.57 Å². The molecule has 0 saturated heterocycles. The molecule has 0 amide bonds. The molecular formula is C7H12N2. The highest BCUT2D eigenvalue weighted by molar-refractivity contribution is 5.26. The molecule has 2 nitrogen and oxygen atoms in total. The van der Waals surface area contributed by atoms with Gasteiger partial charge >= 0.3 is 0 Å². The van der Waals surface area contributed by atoms with Crippen LogP contribution in [0.3, 0.4) is 0 Å². The van der Waals surface area contributed by atoms with Crippen LogP contribution in [0.15, 0.2) is 23.5 Å². The Labute approximate surface area is 55.4 Å². The summed E-state index contributed by atoms with van der Waals surface area (Å²) in [4.78, 5) is 0. The van der Waals surface area contributed by atoms with E-state index in [1.807, 2.05) is 26.1 Å². The van der Waals surface area contributed by atoms with Crippen LogP contribution in [0.1, 0.15) is 13.8 Å². The molecule has 0 bridgehead atoms. The summed E-state index contributed by atoms with van der Waals surface area (Å²) in [5, 5.41) is 3.13. The van der Waals surface area contributed by atoms with E-state index < -0.39 is 0 Å². The average Bonchev–Trinajstić information content (AvgIpc) is 1.80. The van der Waals surface area contributed by atoms with Gasteiger partial charge in [0, 0.05) is 5.70 Å². The summed E-state index contributed by atoms with van der Waals surface area (Å²) in [7, 11) is 0. The summed E-state index contributed by atoms with van der Waals surface area (Å²) in [5.41, 5.74) is 7.72. The first-order valence-corrected chi connectivity index (χ1v) is 3.10. The summed E-state index contributed by atoms with van der Waals surface area (Å²) in [6, 6.07) is 0.300. The van der Waals surface area contributed by atoms with Crippen LogP contribution in [0.2, 0.25) is 0 Å². The van der Waals surface area contributed by atoms with Crippen LogP contribution in [0.25, 0.3) is 0 Å². The van der Waals surface area contributed by atoms with Crippen molar-refractivity contribution < 1.29 is 0 Å². The van der Waals surface area contributed by atoms with Gasteiger partial charge in [0.05, 0.1) is 6.04 Å². The van der Waals surface area contributed by atoms with Crippen molar-refractivity contribution in [3.63, 3.8) is 0 Å². The molecule has 1 aliphatic heterocycles. The number of nitrogens with one attached hydrogen (secondary N) is 1. The van der Waals surface area contributed by atoms with Gasteiger partial charge in [-0.1, -0.05) is 0 Å². The van der Waals surface area contributed by atoms with Crippen molar-refractivity contribution in [2.45, 2.75) is 19.9 Å². The molecule has 0 radical (unpaired) electrons. The maximum atomic E-state index is 5.63. The minimum Gasteiger partial charge on any atom is -0.400 e. The fourth-order valence-electron chi connectivity index (χ4n) is 0.782. The monoisotopic (exact) mass is 124 g/mol. The molecule has 0 aromatic carbocycles. The largest absolute Gasteiger partial charge is 0.400 e. The highest BCUT2D eigenvalue weighted by atomic mass is 14.9. The third kappa shape index (κ3) is 1.25. The third-order valence-corrected chi connectivity index (χ3v) is 1.46. The molecule has 50 valence electrons. The zero-order valence-electron chi connectivity index (χ0n) is 5.81. The van der Waals surface area contributed by atoms with Crippen molar-refractivity contribution in [1.29, 1.82) is 0 Å². The molecule has 9 heavy (non-hydrogen) atoms. The van der Waals surface area contributed by atoms with Crippen LogP contribution in [0, 0.1) is 0 Å². The van der Waals surface area contributed by atoms with Crippen LogP contribution in [-0.4, -0.2) is 6.04 Å². The summed E-state index contributed by atoms with van der Waals surface area (Å²) in [6.07, 6.45) is 3.96. The van der Waals surface area contributed by atoms with Gasteiger partial charge in [0.15, 0.2) is 0 Å².